The fourth-order valence-electron chi connectivity index (χ4n) is 2.77. The molecule has 0 bridgehead atoms. The molecule has 0 saturated heterocycles. The molecular weight excluding hydrogens is 320 g/mol. The molecule has 0 atom stereocenters. The molecular formula is C24H28O2. The number of aryl methyl sites for hydroxylation is 2. The average Bonchev–Trinajstić information content (AvgIpc) is 2.63. The van der Waals surface area contributed by atoms with Crippen molar-refractivity contribution in [3.8, 4) is 11.5 Å². The van der Waals surface area contributed by atoms with Crippen molar-refractivity contribution in [3.63, 3.8) is 0 Å². The zero-order valence-electron chi connectivity index (χ0n) is 15.8. The van der Waals surface area contributed by atoms with Crippen LogP contribution in [0.5, 0.6) is 11.5 Å². The number of ether oxygens (including phenoxy) is 2. The lowest BCUT2D eigenvalue weighted by molar-refractivity contribution is 0.319. The first-order valence-electron chi connectivity index (χ1n) is 9.02. The van der Waals surface area contributed by atoms with Crippen LogP contribution in [0.3, 0.4) is 0 Å². The maximum atomic E-state index is 6.09. The van der Waals surface area contributed by atoms with Crippen LogP contribution in [0.25, 0.3) is 10.8 Å². The normalized spacial score (nSPS) is 11.3. The lowest BCUT2D eigenvalue weighted by atomic mass is 10.0. The molecule has 26 heavy (non-hydrogen) atoms. The van der Waals surface area contributed by atoms with Crippen molar-refractivity contribution in [1.29, 1.82) is 0 Å². The SMILES string of the molecule is C=CC=CCCOc1cc(C)c(OCCC=CC=C)c2ccc(C)cc12. The molecule has 0 aliphatic carbocycles. The Balaban J connectivity index is 2.25. The molecule has 0 radical (unpaired) electrons. The van der Waals surface area contributed by atoms with Crippen molar-refractivity contribution in [3.05, 3.63) is 85.0 Å². The lowest BCUT2D eigenvalue weighted by Crippen LogP contribution is -2.01. The van der Waals surface area contributed by atoms with Crippen molar-refractivity contribution in [1.82, 2.24) is 0 Å². The van der Waals surface area contributed by atoms with Gasteiger partial charge in [0.2, 0.25) is 0 Å². The van der Waals surface area contributed by atoms with Crippen LogP contribution in [0.4, 0.5) is 0 Å². The standard InChI is InChI=1S/C24H28O2/c1-5-7-9-11-15-25-23-18-20(4)24(26-16-12-10-8-6-2)21-14-13-19(3)17-22(21)23/h5-10,13-14,17-18H,1-2,11-12,15-16H2,3-4H3. The molecule has 0 spiro atoms. The van der Waals surface area contributed by atoms with Crippen LogP contribution in [-0.4, -0.2) is 13.2 Å². The second-order valence-corrected chi connectivity index (χ2v) is 6.17. The van der Waals surface area contributed by atoms with Crippen molar-refractivity contribution in [2.24, 2.45) is 0 Å². The summed E-state index contributed by atoms with van der Waals surface area (Å²) >= 11 is 0. The first-order valence-corrected chi connectivity index (χ1v) is 9.02. The van der Waals surface area contributed by atoms with Crippen LogP contribution >= 0.6 is 0 Å². The fourth-order valence-corrected chi connectivity index (χ4v) is 2.77. The first kappa shape index (κ1) is 19.6. The molecule has 0 amide bonds. The van der Waals surface area contributed by atoms with Crippen LogP contribution in [-0.2, 0) is 0 Å². The summed E-state index contributed by atoms with van der Waals surface area (Å²) in [5.74, 6) is 1.85. The van der Waals surface area contributed by atoms with E-state index in [9.17, 15) is 0 Å². The minimum atomic E-state index is 0.638. The van der Waals surface area contributed by atoms with E-state index in [1.807, 2.05) is 12.2 Å². The zero-order valence-corrected chi connectivity index (χ0v) is 15.8. The number of benzene rings is 2. The minimum absolute atomic E-state index is 0.638. The maximum Gasteiger partial charge on any atom is 0.130 e. The van der Waals surface area contributed by atoms with Gasteiger partial charge in [0, 0.05) is 10.8 Å². The quantitative estimate of drug-likeness (QED) is 0.361. The highest BCUT2D eigenvalue weighted by molar-refractivity contribution is 5.95. The van der Waals surface area contributed by atoms with Gasteiger partial charge in [-0.1, -0.05) is 67.3 Å². The molecule has 0 unspecified atom stereocenters. The molecule has 2 heteroatoms. The molecule has 0 aliphatic heterocycles. The maximum absolute atomic E-state index is 6.09. The number of allylic oxidation sites excluding steroid dienone is 4. The van der Waals surface area contributed by atoms with Crippen LogP contribution < -0.4 is 9.47 Å². The molecule has 0 saturated carbocycles. The Labute approximate surface area is 157 Å². The van der Waals surface area contributed by atoms with Gasteiger partial charge in [0.1, 0.15) is 11.5 Å². The largest absolute Gasteiger partial charge is 0.493 e. The highest BCUT2D eigenvalue weighted by Crippen LogP contribution is 2.37. The molecule has 0 aliphatic rings. The Morgan fingerprint density at radius 1 is 0.846 bits per heavy atom. The number of rotatable bonds is 10. The minimum Gasteiger partial charge on any atom is -0.493 e. The lowest BCUT2D eigenvalue weighted by Gasteiger charge is -2.16. The van der Waals surface area contributed by atoms with Gasteiger partial charge in [-0.15, -0.1) is 0 Å². The van der Waals surface area contributed by atoms with Gasteiger partial charge >= 0.3 is 0 Å². The Morgan fingerprint density at radius 2 is 1.50 bits per heavy atom. The predicted molar refractivity (Wildman–Crippen MR) is 112 cm³/mol. The second-order valence-electron chi connectivity index (χ2n) is 6.17. The van der Waals surface area contributed by atoms with Gasteiger partial charge in [0.05, 0.1) is 13.2 Å². The number of hydrogen-bond donors (Lipinski definition) is 0. The first-order chi connectivity index (χ1) is 12.7. The van der Waals surface area contributed by atoms with E-state index in [4.69, 9.17) is 9.47 Å². The van der Waals surface area contributed by atoms with E-state index >= 15 is 0 Å². The smallest absolute Gasteiger partial charge is 0.130 e. The van der Waals surface area contributed by atoms with Gasteiger partial charge in [-0.25, -0.2) is 0 Å². The monoisotopic (exact) mass is 348 g/mol. The van der Waals surface area contributed by atoms with E-state index in [-0.39, 0.29) is 0 Å². The van der Waals surface area contributed by atoms with E-state index in [0.29, 0.717) is 13.2 Å². The van der Waals surface area contributed by atoms with E-state index < -0.39 is 0 Å². The highest BCUT2D eigenvalue weighted by Gasteiger charge is 2.12. The van der Waals surface area contributed by atoms with Crippen LogP contribution in [0.15, 0.2) is 73.9 Å². The van der Waals surface area contributed by atoms with E-state index in [1.165, 1.54) is 5.56 Å². The van der Waals surface area contributed by atoms with Gasteiger partial charge in [-0.2, -0.15) is 0 Å². The summed E-state index contributed by atoms with van der Waals surface area (Å²) in [6.45, 7) is 12.8. The summed E-state index contributed by atoms with van der Waals surface area (Å²) in [6, 6.07) is 8.47. The third-order valence-electron chi connectivity index (χ3n) is 4.01. The van der Waals surface area contributed by atoms with Gasteiger partial charge in [-0.05, 0) is 44.4 Å². The summed E-state index contributed by atoms with van der Waals surface area (Å²) in [4.78, 5) is 0. The molecule has 0 heterocycles. The van der Waals surface area contributed by atoms with Crippen molar-refractivity contribution in [2.45, 2.75) is 26.7 Å². The fraction of sp³-hybridized carbons (Fsp3) is 0.250. The molecule has 0 aromatic heterocycles. The van der Waals surface area contributed by atoms with Gasteiger partial charge in [-0.3, -0.25) is 0 Å². The molecule has 2 rings (SSSR count). The third-order valence-corrected chi connectivity index (χ3v) is 4.01. The van der Waals surface area contributed by atoms with Gasteiger partial charge in [0.15, 0.2) is 0 Å². The summed E-state index contributed by atoms with van der Waals surface area (Å²) in [5, 5.41) is 2.19. The Kier molecular flexibility index (Phi) is 7.75. The van der Waals surface area contributed by atoms with Crippen molar-refractivity contribution < 1.29 is 9.47 Å². The van der Waals surface area contributed by atoms with Crippen molar-refractivity contribution in [2.75, 3.05) is 13.2 Å². The van der Waals surface area contributed by atoms with E-state index in [0.717, 1.165) is 40.7 Å². The predicted octanol–water partition coefficient (Wildman–Crippen LogP) is 6.48. The number of fused-ring (bicyclic) bond motifs is 1. The molecule has 2 aromatic rings. The van der Waals surface area contributed by atoms with Crippen molar-refractivity contribution >= 4 is 10.8 Å². The molecule has 136 valence electrons. The Hall–Kier alpha value is -2.74. The van der Waals surface area contributed by atoms with Crippen LogP contribution in [0.1, 0.15) is 24.0 Å². The highest BCUT2D eigenvalue weighted by atomic mass is 16.5. The molecule has 2 aromatic carbocycles. The van der Waals surface area contributed by atoms with Crippen LogP contribution in [0.2, 0.25) is 0 Å². The third kappa shape index (κ3) is 5.38. The summed E-state index contributed by atoms with van der Waals surface area (Å²) in [6.07, 6.45) is 13.3. The Morgan fingerprint density at radius 3 is 2.15 bits per heavy atom. The van der Waals surface area contributed by atoms with Gasteiger partial charge in [0.25, 0.3) is 0 Å². The van der Waals surface area contributed by atoms with E-state index in [1.54, 1.807) is 12.2 Å². The average molecular weight is 348 g/mol. The Bertz CT molecular complexity index is 813. The van der Waals surface area contributed by atoms with E-state index in [2.05, 4.69) is 63.4 Å². The molecule has 0 fully saturated rings. The summed E-state index contributed by atoms with van der Waals surface area (Å²) in [7, 11) is 0. The number of hydrogen-bond acceptors (Lipinski definition) is 2. The second kappa shape index (κ2) is 10.3. The summed E-state index contributed by atoms with van der Waals surface area (Å²) in [5.41, 5.74) is 2.29. The zero-order chi connectivity index (χ0) is 18.8. The van der Waals surface area contributed by atoms with Gasteiger partial charge < -0.3 is 9.47 Å². The van der Waals surface area contributed by atoms with Crippen LogP contribution in [0, 0.1) is 13.8 Å². The molecule has 0 N–H and O–H groups in total. The summed E-state index contributed by atoms with van der Waals surface area (Å²) < 4.78 is 12.1. The molecule has 2 nitrogen and oxygen atoms in total. The topological polar surface area (TPSA) is 18.5 Å².